The van der Waals surface area contributed by atoms with Crippen LogP contribution in [0.3, 0.4) is 0 Å². The lowest BCUT2D eigenvalue weighted by Crippen LogP contribution is -2.29. The summed E-state index contributed by atoms with van der Waals surface area (Å²) in [6.07, 6.45) is 5.00. The number of aromatic nitrogens is 1. The number of carbonyl (C=O) groups excluding carboxylic acids is 1. The molecular formula is C22H31NO3. The molecule has 0 saturated heterocycles. The Hall–Kier alpha value is -1.68. The maximum Gasteiger partial charge on any atom is 0.340 e. The minimum absolute atomic E-state index is 0.161. The average Bonchev–Trinajstić information content (AvgIpc) is 2.59. The van der Waals surface area contributed by atoms with Gasteiger partial charge < -0.3 is 9.47 Å². The zero-order chi connectivity index (χ0) is 19.1. The molecule has 1 aromatic rings. The predicted molar refractivity (Wildman–Crippen MR) is 104 cm³/mol. The van der Waals surface area contributed by atoms with Gasteiger partial charge in [0.1, 0.15) is 0 Å². The van der Waals surface area contributed by atoms with Gasteiger partial charge in [-0.15, -0.1) is 0 Å². The molecule has 1 atom stereocenters. The Balaban J connectivity index is 2.35. The number of fused-ring (bicyclic) bond motifs is 1. The monoisotopic (exact) mass is 357 g/mol. The summed E-state index contributed by atoms with van der Waals surface area (Å²) in [5.74, 6) is 0.252. The highest BCUT2D eigenvalue weighted by molar-refractivity contribution is 5.98. The maximum absolute atomic E-state index is 12.8. The molecule has 0 amide bonds. The van der Waals surface area contributed by atoms with Crippen LogP contribution in [0.5, 0.6) is 0 Å². The molecule has 0 N–H and O–H groups in total. The molecule has 0 bridgehead atoms. The van der Waals surface area contributed by atoms with Crippen molar-refractivity contribution >= 4 is 11.5 Å². The van der Waals surface area contributed by atoms with E-state index in [1.807, 2.05) is 0 Å². The Morgan fingerprint density at radius 1 is 1.38 bits per heavy atom. The van der Waals surface area contributed by atoms with Gasteiger partial charge >= 0.3 is 5.97 Å². The SMILES string of the molecule is COC(=O)c1c(C(C)C)nc2c(c1C1=CCOCC1)[C@@H](C)CC(C)(C)C2. The summed E-state index contributed by atoms with van der Waals surface area (Å²) in [6, 6.07) is 0. The molecule has 2 aliphatic rings. The van der Waals surface area contributed by atoms with Gasteiger partial charge in [-0.2, -0.15) is 0 Å². The molecule has 1 aromatic heterocycles. The standard InChI is InChI=1S/C22H31NO3/c1-13(2)20-19(21(24)25-6)18(15-7-9-26-10-8-15)17-14(3)11-22(4,5)12-16(17)23-20/h7,13-14H,8-12H2,1-6H3/t14-/m0/s1. The van der Waals surface area contributed by atoms with Crippen LogP contribution in [-0.4, -0.2) is 31.3 Å². The highest BCUT2D eigenvalue weighted by Crippen LogP contribution is 2.46. The fourth-order valence-corrected chi connectivity index (χ4v) is 4.60. The van der Waals surface area contributed by atoms with Crippen molar-refractivity contribution in [1.82, 2.24) is 4.98 Å². The van der Waals surface area contributed by atoms with E-state index in [-0.39, 0.29) is 17.3 Å². The summed E-state index contributed by atoms with van der Waals surface area (Å²) >= 11 is 0. The van der Waals surface area contributed by atoms with Gasteiger partial charge in [0.25, 0.3) is 0 Å². The van der Waals surface area contributed by atoms with E-state index in [4.69, 9.17) is 14.5 Å². The summed E-state index contributed by atoms with van der Waals surface area (Å²) in [7, 11) is 1.46. The van der Waals surface area contributed by atoms with Gasteiger partial charge in [-0.3, -0.25) is 4.98 Å². The molecule has 1 aliphatic heterocycles. The Labute approximate surface area is 157 Å². The number of carbonyl (C=O) groups is 1. The van der Waals surface area contributed by atoms with Gasteiger partial charge in [0.2, 0.25) is 0 Å². The molecule has 142 valence electrons. The Bertz CT molecular complexity index is 746. The zero-order valence-corrected chi connectivity index (χ0v) is 16.9. The third-order valence-corrected chi connectivity index (χ3v) is 5.56. The van der Waals surface area contributed by atoms with Crippen LogP contribution in [0.15, 0.2) is 6.08 Å². The molecule has 2 heterocycles. The third-order valence-electron chi connectivity index (χ3n) is 5.56. The number of hydrogen-bond acceptors (Lipinski definition) is 4. The second-order valence-corrected chi connectivity index (χ2v) is 8.75. The van der Waals surface area contributed by atoms with Gasteiger partial charge in [-0.25, -0.2) is 4.79 Å². The predicted octanol–water partition coefficient (Wildman–Crippen LogP) is 4.87. The van der Waals surface area contributed by atoms with E-state index < -0.39 is 0 Å². The summed E-state index contributed by atoms with van der Waals surface area (Å²) in [5, 5.41) is 0. The Kier molecular flexibility index (Phi) is 5.25. The van der Waals surface area contributed by atoms with Crippen LogP contribution in [0.25, 0.3) is 5.57 Å². The van der Waals surface area contributed by atoms with E-state index >= 15 is 0 Å². The van der Waals surface area contributed by atoms with E-state index in [9.17, 15) is 4.79 Å². The molecule has 0 spiro atoms. The Morgan fingerprint density at radius 3 is 2.69 bits per heavy atom. The molecule has 0 fully saturated rings. The molecular weight excluding hydrogens is 326 g/mol. The van der Waals surface area contributed by atoms with Crippen LogP contribution in [0, 0.1) is 5.41 Å². The van der Waals surface area contributed by atoms with Gasteiger partial charge in [0.05, 0.1) is 31.6 Å². The van der Waals surface area contributed by atoms with Crippen LogP contribution < -0.4 is 0 Å². The maximum atomic E-state index is 12.8. The number of hydrogen-bond donors (Lipinski definition) is 0. The number of esters is 1. The lowest BCUT2D eigenvalue weighted by molar-refractivity contribution is 0.0597. The molecule has 3 rings (SSSR count). The van der Waals surface area contributed by atoms with Crippen molar-refractivity contribution in [2.75, 3.05) is 20.3 Å². The number of nitrogens with zero attached hydrogens (tertiary/aromatic N) is 1. The largest absolute Gasteiger partial charge is 0.465 e. The number of rotatable bonds is 3. The van der Waals surface area contributed by atoms with Crippen LogP contribution in [0.4, 0.5) is 0 Å². The lowest BCUT2D eigenvalue weighted by Gasteiger charge is -2.38. The fraction of sp³-hybridized carbons (Fsp3) is 0.636. The topological polar surface area (TPSA) is 48.4 Å². The van der Waals surface area contributed by atoms with Crippen molar-refractivity contribution < 1.29 is 14.3 Å². The van der Waals surface area contributed by atoms with Crippen molar-refractivity contribution in [3.63, 3.8) is 0 Å². The highest BCUT2D eigenvalue weighted by Gasteiger charge is 2.37. The first-order chi connectivity index (χ1) is 12.2. The van der Waals surface area contributed by atoms with E-state index in [1.165, 1.54) is 18.2 Å². The second-order valence-electron chi connectivity index (χ2n) is 8.75. The van der Waals surface area contributed by atoms with Crippen LogP contribution in [-0.2, 0) is 15.9 Å². The van der Waals surface area contributed by atoms with Crippen LogP contribution in [0.1, 0.15) is 92.2 Å². The van der Waals surface area contributed by atoms with Gasteiger partial charge in [0, 0.05) is 5.69 Å². The second kappa shape index (κ2) is 7.15. The number of methoxy groups -OCH3 is 1. The van der Waals surface area contributed by atoms with E-state index in [2.05, 4.69) is 40.7 Å². The van der Waals surface area contributed by atoms with Crippen molar-refractivity contribution in [2.45, 2.75) is 65.7 Å². The van der Waals surface area contributed by atoms with Crippen molar-refractivity contribution in [2.24, 2.45) is 5.41 Å². The fourth-order valence-electron chi connectivity index (χ4n) is 4.60. The number of ether oxygens (including phenoxy) is 2. The van der Waals surface area contributed by atoms with Crippen molar-refractivity contribution in [1.29, 1.82) is 0 Å². The van der Waals surface area contributed by atoms with Crippen LogP contribution >= 0.6 is 0 Å². The number of pyridine rings is 1. The zero-order valence-electron chi connectivity index (χ0n) is 16.9. The van der Waals surface area contributed by atoms with E-state index in [0.717, 1.165) is 36.2 Å². The minimum atomic E-state index is -0.275. The van der Waals surface area contributed by atoms with Gasteiger partial charge in [-0.1, -0.05) is 40.7 Å². The lowest BCUT2D eigenvalue weighted by atomic mass is 9.68. The minimum Gasteiger partial charge on any atom is -0.465 e. The average molecular weight is 357 g/mol. The molecule has 26 heavy (non-hydrogen) atoms. The van der Waals surface area contributed by atoms with E-state index in [0.29, 0.717) is 24.7 Å². The molecule has 0 aromatic carbocycles. The quantitative estimate of drug-likeness (QED) is 0.724. The van der Waals surface area contributed by atoms with Crippen molar-refractivity contribution in [3.8, 4) is 0 Å². The van der Waals surface area contributed by atoms with E-state index in [1.54, 1.807) is 0 Å². The normalized spacial score (nSPS) is 22.0. The third kappa shape index (κ3) is 3.44. The molecule has 4 heteroatoms. The summed E-state index contributed by atoms with van der Waals surface area (Å²) in [4.78, 5) is 17.8. The van der Waals surface area contributed by atoms with Crippen molar-refractivity contribution in [3.05, 3.63) is 34.2 Å². The molecule has 0 radical (unpaired) electrons. The first kappa shape index (κ1) is 19.1. The summed E-state index contributed by atoms with van der Waals surface area (Å²) in [6.45, 7) is 12.4. The highest BCUT2D eigenvalue weighted by atomic mass is 16.5. The summed E-state index contributed by atoms with van der Waals surface area (Å²) in [5.41, 5.74) is 6.46. The smallest absolute Gasteiger partial charge is 0.340 e. The van der Waals surface area contributed by atoms with Crippen LogP contribution in [0.2, 0.25) is 0 Å². The van der Waals surface area contributed by atoms with Gasteiger partial charge in [-0.05, 0) is 53.2 Å². The molecule has 4 nitrogen and oxygen atoms in total. The molecule has 0 saturated carbocycles. The Morgan fingerprint density at radius 2 is 2.12 bits per heavy atom. The van der Waals surface area contributed by atoms with Gasteiger partial charge in [0.15, 0.2) is 0 Å². The summed E-state index contributed by atoms with van der Waals surface area (Å²) < 4.78 is 10.7. The first-order valence-electron chi connectivity index (χ1n) is 9.67. The first-order valence-corrected chi connectivity index (χ1v) is 9.67. The molecule has 0 unspecified atom stereocenters. The molecule has 1 aliphatic carbocycles.